The lowest BCUT2D eigenvalue weighted by molar-refractivity contribution is -0.147. The minimum atomic E-state index is -1.60. The largest absolute Gasteiger partial charge is 0.466 e. The van der Waals surface area contributed by atoms with Crippen LogP contribution in [0, 0.1) is 5.92 Å². The zero-order valence-electron chi connectivity index (χ0n) is 15.1. The first kappa shape index (κ1) is 20.1. The second kappa shape index (κ2) is 8.93. The normalized spacial score (nSPS) is 15.8. The van der Waals surface area contributed by atoms with E-state index in [1.165, 1.54) is 4.90 Å². The fourth-order valence-corrected chi connectivity index (χ4v) is 2.74. The number of esters is 1. The number of carbonyl (C=O) groups is 5. The van der Waals surface area contributed by atoms with Crippen molar-refractivity contribution in [1.82, 2.24) is 10.9 Å². The third-order valence-electron chi connectivity index (χ3n) is 3.88. The molecule has 1 heterocycles. The minimum absolute atomic E-state index is 0.121. The summed E-state index contributed by atoms with van der Waals surface area (Å²) in [4.78, 5) is 62.0. The number of para-hydroxylation sites is 1. The van der Waals surface area contributed by atoms with Crippen LogP contribution >= 0.6 is 0 Å². The molecule has 0 saturated heterocycles. The highest BCUT2D eigenvalue weighted by molar-refractivity contribution is 6.31. The van der Waals surface area contributed by atoms with Gasteiger partial charge in [-0.25, -0.2) is 0 Å². The van der Waals surface area contributed by atoms with Crippen LogP contribution in [0.15, 0.2) is 24.3 Å². The summed E-state index contributed by atoms with van der Waals surface area (Å²) in [5, 5.41) is 0. The van der Waals surface area contributed by atoms with Crippen LogP contribution in [0.1, 0.15) is 37.0 Å². The number of carbonyl (C=O) groups excluding carboxylic acids is 5. The van der Waals surface area contributed by atoms with Crippen LogP contribution < -0.4 is 15.8 Å². The van der Waals surface area contributed by atoms with Crippen LogP contribution in [0.2, 0.25) is 0 Å². The Kier molecular flexibility index (Phi) is 6.64. The Morgan fingerprint density at radius 2 is 1.81 bits per heavy atom. The number of rotatable bonds is 6. The van der Waals surface area contributed by atoms with E-state index in [9.17, 15) is 24.0 Å². The molecular weight excluding hydrogens is 354 g/mol. The summed E-state index contributed by atoms with van der Waals surface area (Å²) in [6, 6.07) is 6.55. The third-order valence-corrected chi connectivity index (χ3v) is 3.88. The second-order valence-corrected chi connectivity index (χ2v) is 5.82. The molecule has 0 saturated carbocycles. The number of amides is 3. The lowest BCUT2D eigenvalue weighted by atomic mass is 9.89. The molecule has 1 unspecified atom stereocenters. The van der Waals surface area contributed by atoms with Crippen molar-refractivity contribution in [1.29, 1.82) is 0 Å². The van der Waals surface area contributed by atoms with Crippen LogP contribution in [-0.4, -0.2) is 42.6 Å². The number of nitrogens with one attached hydrogen (secondary N) is 2. The van der Waals surface area contributed by atoms with Crippen molar-refractivity contribution in [3.05, 3.63) is 29.8 Å². The predicted molar refractivity (Wildman–Crippen MR) is 94.4 cm³/mol. The number of hydrogen-bond acceptors (Lipinski definition) is 6. The van der Waals surface area contributed by atoms with Crippen molar-refractivity contribution < 1.29 is 28.7 Å². The Morgan fingerprint density at radius 1 is 1.11 bits per heavy atom. The first-order chi connectivity index (χ1) is 12.9. The molecule has 1 aromatic rings. The monoisotopic (exact) mass is 375 g/mol. The molecule has 9 heteroatoms. The van der Waals surface area contributed by atoms with Gasteiger partial charge in [0.15, 0.2) is 11.7 Å². The van der Waals surface area contributed by atoms with E-state index in [1.54, 1.807) is 31.2 Å². The Hall–Kier alpha value is -3.23. The smallest absolute Gasteiger partial charge is 0.315 e. The molecule has 2 N–H and O–H groups in total. The average molecular weight is 375 g/mol. The summed E-state index contributed by atoms with van der Waals surface area (Å²) in [5.74, 6) is -5.43. The molecule has 1 aliphatic heterocycles. The van der Waals surface area contributed by atoms with Gasteiger partial charge in [0, 0.05) is 12.1 Å². The molecule has 0 aromatic heterocycles. The fraction of sp³-hybridized carbons (Fsp3) is 0.389. The van der Waals surface area contributed by atoms with Gasteiger partial charge in [0.1, 0.15) is 6.42 Å². The summed E-state index contributed by atoms with van der Waals surface area (Å²) in [7, 11) is 0. The predicted octanol–water partition coefficient (Wildman–Crippen LogP) is 0.343. The van der Waals surface area contributed by atoms with Gasteiger partial charge in [-0.15, -0.1) is 0 Å². The molecular formula is C18H21N3O6. The van der Waals surface area contributed by atoms with Gasteiger partial charge in [0.2, 0.25) is 11.8 Å². The van der Waals surface area contributed by atoms with Crippen molar-refractivity contribution in [2.24, 2.45) is 5.92 Å². The third kappa shape index (κ3) is 4.49. The number of Topliss-reactive ketones (excluding diaryl/α,β-unsaturated/α-hetero) is 1. The van der Waals surface area contributed by atoms with Crippen LogP contribution in [0.5, 0.6) is 0 Å². The second-order valence-electron chi connectivity index (χ2n) is 5.82. The zero-order chi connectivity index (χ0) is 20.0. The highest BCUT2D eigenvalue weighted by Crippen LogP contribution is 2.30. The van der Waals surface area contributed by atoms with E-state index in [2.05, 4.69) is 4.74 Å². The number of ketones is 1. The van der Waals surface area contributed by atoms with E-state index in [4.69, 9.17) is 0 Å². The molecule has 0 aliphatic carbocycles. The number of fused-ring (bicyclic) bond motifs is 1. The van der Waals surface area contributed by atoms with E-state index in [0.717, 1.165) is 0 Å². The van der Waals surface area contributed by atoms with E-state index in [0.29, 0.717) is 18.7 Å². The number of benzene rings is 1. The van der Waals surface area contributed by atoms with Gasteiger partial charge >= 0.3 is 5.97 Å². The van der Waals surface area contributed by atoms with Crippen LogP contribution in [-0.2, 0) is 23.9 Å². The lowest BCUT2D eigenvalue weighted by Crippen LogP contribution is -2.54. The molecule has 1 aliphatic rings. The lowest BCUT2D eigenvalue weighted by Gasteiger charge is -2.32. The number of anilines is 1. The summed E-state index contributed by atoms with van der Waals surface area (Å²) < 4.78 is 4.62. The molecule has 144 valence electrons. The highest BCUT2D eigenvalue weighted by atomic mass is 16.5. The topological polar surface area (TPSA) is 122 Å². The van der Waals surface area contributed by atoms with Crippen molar-refractivity contribution in [3.63, 3.8) is 0 Å². The quantitative estimate of drug-likeness (QED) is 0.420. The summed E-state index contributed by atoms with van der Waals surface area (Å²) >= 11 is 0. The van der Waals surface area contributed by atoms with Gasteiger partial charge in [-0.3, -0.25) is 34.8 Å². The van der Waals surface area contributed by atoms with Gasteiger partial charge in [0.25, 0.3) is 5.91 Å². The number of ether oxygens (including phenoxy) is 1. The molecule has 27 heavy (non-hydrogen) atoms. The van der Waals surface area contributed by atoms with Gasteiger partial charge in [-0.1, -0.05) is 19.1 Å². The van der Waals surface area contributed by atoms with Crippen molar-refractivity contribution in [2.75, 3.05) is 18.1 Å². The molecule has 0 radical (unpaired) electrons. The summed E-state index contributed by atoms with van der Waals surface area (Å²) in [5.41, 5.74) is 4.79. The van der Waals surface area contributed by atoms with E-state index in [1.807, 2.05) is 17.8 Å². The SMILES string of the molecule is CCCN1C(=O)C(C(=O)NNC(=O)CC(=O)OCC)C(=O)c2ccccc21. The maximum atomic E-state index is 12.7. The molecule has 0 bridgehead atoms. The number of nitrogens with zero attached hydrogens (tertiary/aromatic N) is 1. The molecule has 0 fully saturated rings. The maximum Gasteiger partial charge on any atom is 0.315 e. The van der Waals surface area contributed by atoms with Crippen LogP contribution in [0.4, 0.5) is 5.69 Å². The van der Waals surface area contributed by atoms with Crippen molar-refractivity contribution >= 4 is 35.2 Å². The minimum Gasteiger partial charge on any atom is -0.466 e. The van der Waals surface area contributed by atoms with E-state index >= 15 is 0 Å². The molecule has 0 spiro atoms. The van der Waals surface area contributed by atoms with Gasteiger partial charge in [0.05, 0.1) is 12.3 Å². The Labute approximate surface area is 156 Å². The van der Waals surface area contributed by atoms with Gasteiger partial charge in [-0.2, -0.15) is 0 Å². The molecule has 1 atom stereocenters. The van der Waals surface area contributed by atoms with Gasteiger partial charge in [-0.05, 0) is 25.5 Å². The summed E-state index contributed by atoms with van der Waals surface area (Å²) in [6.07, 6.45) is 0.0460. The number of hydrogen-bond donors (Lipinski definition) is 2. The summed E-state index contributed by atoms with van der Waals surface area (Å²) in [6.45, 7) is 3.94. The Morgan fingerprint density at radius 3 is 2.48 bits per heavy atom. The van der Waals surface area contributed by atoms with Crippen LogP contribution in [0.3, 0.4) is 0 Å². The molecule has 3 amide bonds. The molecule has 2 rings (SSSR count). The number of hydrazine groups is 1. The molecule has 1 aromatic carbocycles. The van der Waals surface area contributed by atoms with E-state index < -0.39 is 41.8 Å². The first-order valence-corrected chi connectivity index (χ1v) is 8.59. The fourth-order valence-electron chi connectivity index (χ4n) is 2.74. The zero-order valence-corrected chi connectivity index (χ0v) is 15.1. The standard InChI is InChI=1S/C18H21N3O6/c1-3-9-21-12-8-6-5-7-11(12)16(24)15(18(21)26)17(25)20-19-13(22)10-14(23)27-4-2/h5-8,15H,3-4,9-10H2,1-2H3,(H,19,22)(H,20,25). The van der Waals surface area contributed by atoms with Crippen molar-refractivity contribution in [2.45, 2.75) is 26.7 Å². The average Bonchev–Trinajstić information content (AvgIpc) is 2.63. The van der Waals surface area contributed by atoms with E-state index in [-0.39, 0.29) is 12.2 Å². The van der Waals surface area contributed by atoms with Gasteiger partial charge < -0.3 is 9.64 Å². The Balaban J connectivity index is 2.11. The maximum absolute atomic E-state index is 12.7. The van der Waals surface area contributed by atoms with Crippen molar-refractivity contribution in [3.8, 4) is 0 Å². The molecule has 9 nitrogen and oxygen atoms in total. The Bertz CT molecular complexity index is 776. The highest BCUT2D eigenvalue weighted by Gasteiger charge is 2.43. The first-order valence-electron chi connectivity index (χ1n) is 8.59. The van der Waals surface area contributed by atoms with Crippen LogP contribution in [0.25, 0.3) is 0 Å².